The van der Waals surface area contributed by atoms with Crippen LogP contribution in [0.4, 0.5) is 5.69 Å². The summed E-state index contributed by atoms with van der Waals surface area (Å²) in [5.41, 5.74) is 4.03. The molecule has 0 spiro atoms. The first-order valence-corrected chi connectivity index (χ1v) is 13.0. The fraction of sp³-hybridized carbons (Fsp3) is 0.229. The number of carbonyl (C=O) groups excluding carboxylic acids is 1. The molecule has 0 radical (unpaired) electrons. The van der Waals surface area contributed by atoms with Gasteiger partial charge >= 0.3 is 0 Å². The van der Waals surface area contributed by atoms with Crippen molar-refractivity contribution in [1.82, 2.24) is 0 Å². The summed E-state index contributed by atoms with van der Waals surface area (Å²) in [7, 11) is 0. The highest BCUT2D eigenvalue weighted by Gasteiger charge is 2.53. The van der Waals surface area contributed by atoms with E-state index in [1.54, 1.807) is 11.0 Å². The molecule has 1 heterocycles. The summed E-state index contributed by atoms with van der Waals surface area (Å²) in [5, 5.41) is 0. The standard InChI is InChI=1S/C35H31NO3/c1-6-11-15-26-24-28(19-21-32(26)38-9-4)35(29-20-22-33(39-10-5)27(25-29)16-12-7-2)30-17-13-14-18-31(30)36(23-8-3)34(35)37/h1-2,4,8,13-14,17-22,24-25H,3,10-12,15-16,23H2,5H3. The molecule has 1 unspecified atom stereocenters. The summed E-state index contributed by atoms with van der Waals surface area (Å²) < 4.78 is 11.4. The molecule has 0 saturated heterocycles. The van der Waals surface area contributed by atoms with E-state index in [9.17, 15) is 4.79 Å². The molecule has 1 amide bonds. The average molecular weight is 514 g/mol. The van der Waals surface area contributed by atoms with E-state index in [4.69, 9.17) is 28.7 Å². The van der Waals surface area contributed by atoms with Gasteiger partial charge in [0.1, 0.15) is 23.0 Å². The van der Waals surface area contributed by atoms with Crippen LogP contribution in [0.1, 0.15) is 47.6 Å². The minimum Gasteiger partial charge on any atom is -0.494 e. The Labute approximate surface area is 231 Å². The number of ether oxygens (including phenoxy) is 2. The maximum absolute atomic E-state index is 14.7. The van der Waals surface area contributed by atoms with Gasteiger partial charge in [-0.3, -0.25) is 4.79 Å². The monoisotopic (exact) mass is 513 g/mol. The van der Waals surface area contributed by atoms with E-state index in [-0.39, 0.29) is 5.91 Å². The third-order valence-corrected chi connectivity index (χ3v) is 7.01. The number of aryl methyl sites for hydroxylation is 2. The van der Waals surface area contributed by atoms with Gasteiger partial charge in [0.2, 0.25) is 5.91 Å². The van der Waals surface area contributed by atoms with Crippen LogP contribution in [0, 0.1) is 37.2 Å². The van der Waals surface area contributed by atoms with E-state index >= 15 is 0 Å². The molecule has 4 nitrogen and oxygen atoms in total. The van der Waals surface area contributed by atoms with Crippen molar-refractivity contribution >= 4 is 11.6 Å². The summed E-state index contributed by atoms with van der Waals surface area (Å²) in [6.07, 6.45) is 22.9. The maximum atomic E-state index is 14.7. The third kappa shape index (κ3) is 4.88. The highest BCUT2D eigenvalue weighted by atomic mass is 16.5. The molecule has 0 bridgehead atoms. The van der Waals surface area contributed by atoms with Crippen molar-refractivity contribution in [2.75, 3.05) is 18.1 Å². The Kier molecular flexibility index (Phi) is 8.46. The summed E-state index contributed by atoms with van der Waals surface area (Å²) in [5.74, 6) is 6.66. The molecule has 4 heteroatoms. The van der Waals surface area contributed by atoms with Crippen LogP contribution in [0.15, 0.2) is 73.3 Å². The van der Waals surface area contributed by atoms with Crippen LogP contribution in [0.25, 0.3) is 0 Å². The van der Waals surface area contributed by atoms with Crippen LogP contribution < -0.4 is 14.4 Å². The number of rotatable bonds is 11. The van der Waals surface area contributed by atoms with E-state index in [0.29, 0.717) is 44.6 Å². The first kappa shape index (κ1) is 27.2. The molecule has 3 aromatic carbocycles. The SMILES string of the molecule is C#CCCc1cc(C2(c3ccc(OCC)c(CCC#C)c3)C(=O)N(CC=C)c3ccccc32)ccc1OC#C. The van der Waals surface area contributed by atoms with Gasteiger partial charge in [-0.25, -0.2) is 0 Å². The van der Waals surface area contributed by atoms with Crippen LogP contribution >= 0.6 is 0 Å². The number of carbonyl (C=O) groups is 1. The number of anilines is 1. The molecule has 0 N–H and O–H groups in total. The minimum absolute atomic E-state index is 0.0656. The average Bonchev–Trinajstić information content (AvgIpc) is 3.20. The molecule has 1 aliphatic heterocycles. The zero-order chi connectivity index (χ0) is 27.8. The predicted molar refractivity (Wildman–Crippen MR) is 157 cm³/mol. The van der Waals surface area contributed by atoms with Crippen LogP contribution in [0.5, 0.6) is 11.5 Å². The van der Waals surface area contributed by atoms with Gasteiger partial charge in [0.05, 0.1) is 6.61 Å². The number of fused-ring (bicyclic) bond motifs is 1. The number of amides is 1. The number of terminal acetylenes is 3. The first-order valence-electron chi connectivity index (χ1n) is 13.0. The van der Waals surface area contributed by atoms with Crippen molar-refractivity contribution in [3.63, 3.8) is 0 Å². The zero-order valence-electron chi connectivity index (χ0n) is 22.2. The van der Waals surface area contributed by atoms with E-state index in [1.165, 1.54) is 0 Å². The molecule has 0 fully saturated rings. The number of hydrogen-bond donors (Lipinski definition) is 0. The fourth-order valence-electron chi connectivity index (χ4n) is 5.38. The van der Waals surface area contributed by atoms with Crippen LogP contribution in [0.3, 0.4) is 0 Å². The normalized spacial score (nSPS) is 15.5. The van der Waals surface area contributed by atoms with Gasteiger partial charge < -0.3 is 14.4 Å². The smallest absolute Gasteiger partial charge is 0.247 e. The number of hydrogen-bond acceptors (Lipinski definition) is 3. The molecule has 194 valence electrons. The molecule has 0 aliphatic carbocycles. The zero-order valence-corrected chi connectivity index (χ0v) is 22.2. The highest BCUT2D eigenvalue weighted by Crippen LogP contribution is 2.51. The lowest BCUT2D eigenvalue weighted by Gasteiger charge is -2.31. The Morgan fingerprint density at radius 2 is 1.54 bits per heavy atom. The lowest BCUT2D eigenvalue weighted by atomic mass is 9.69. The molecular weight excluding hydrogens is 482 g/mol. The Morgan fingerprint density at radius 1 is 0.923 bits per heavy atom. The molecular formula is C35H31NO3. The largest absolute Gasteiger partial charge is 0.494 e. The molecule has 39 heavy (non-hydrogen) atoms. The maximum Gasteiger partial charge on any atom is 0.247 e. The van der Waals surface area contributed by atoms with Crippen molar-refractivity contribution in [2.24, 2.45) is 0 Å². The number of nitrogens with zero attached hydrogens (tertiary/aromatic N) is 1. The van der Waals surface area contributed by atoms with Crippen LogP contribution in [-0.4, -0.2) is 19.1 Å². The van der Waals surface area contributed by atoms with E-state index in [2.05, 4.69) is 30.6 Å². The van der Waals surface area contributed by atoms with Gasteiger partial charge in [-0.05, 0) is 60.2 Å². The van der Waals surface area contributed by atoms with Crippen molar-refractivity contribution in [1.29, 1.82) is 0 Å². The van der Waals surface area contributed by atoms with Crippen molar-refractivity contribution in [3.05, 3.63) is 101 Å². The Balaban J connectivity index is 2.05. The van der Waals surface area contributed by atoms with E-state index < -0.39 is 5.41 Å². The molecule has 0 aromatic heterocycles. The third-order valence-electron chi connectivity index (χ3n) is 7.01. The molecule has 0 saturated carbocycles. The quantitative estimate of drug-likeness (QED) is 0.231. The summed E-state index contributed by atoms with van der Waals surface area (Å²) >= 11 is 0. The minimum atomic E-state index is -1.13. The van der Waals surface area contributed by atoms with E-state index in [1.807, 2.05) is 61.5 Å². The summed E-state index contributed by atoms with van der Waals surface area (Å²) in [6, 6.07) is 19.6. The first-order chi connectivity index (χ1) is 19.1. The van der Waals surface area contributed by atoms with Gasteiger partial charge in [0.15, 0.2) is 0 Å². The number of benzene rings is 3. The lowest BCUT2D eigenvalue weighted by molar-refractivity contribution is -0.120. The Bertz CT molecular complexity index is 1510. The topological polar surface area (TPSA) is 38.8 Å². The highest BCUT2D eigenvalue weighted by molar-refractivity contribution is 6.13. The Morgan fingerprint density at radius 3 is 2.13 bits per heavy atom. The number of para-hydroxylation sites is 1. The second-order valence-electron chi connectivity index (χ2n) is 9.18. The van der Waals surface area contributed by atoms with Gasteiger partial charge in [0.25, 0.3) is 0 Å². The second kappa shape index (κ2) is 12.1. The fourth-order valence-corrected chi connectivity index (χ4v) is 5.38. The Hall–Kier alpha value is -4.85. The van der Waals surface area contributed by atoms with Crippen molar-refractivity contribution < 1.29 is 14.3 Å². The molecule has 3 aromatic rings. The summed E-state index contributed by atoms with van der Waals surface area (Å²) in [6.45, 7) is 6.75. The lowest BCUT2D eigenvalue weighted by Crippen LogP contribution is -2.42. The van der Waals surface area contributed by atoms with Gasteiger partial charge in [0, 0.05) is 30.6 Å². The summed E-state index contributed by atoms with van der Waals surface area (Å²) in [4.78, 5) is 16.5. The van der Waals surface area contributed by atoms with Gasteiger partial charge in [-0.15, -0.1) is 31.3 Å². The molecule has 1 aliphatic rings. The van der Waals surface area contributed by atoms with Gasteiger partial charge in [-0.2, -0.15) is 0 Å². The second-order valence-corrected chi connectivity index (χ2v) is 9.18. The van der Waals surface area contributed by atoms with Crippen LogP contribution in [-0.2, 0) is 23.1 Å². The van der Waals surface area contributed by atoms with E-state index in [0.717, 1.165) is 39.3 Å². The van der Waals surface area contributed by atoms with Gasteiger partial charge in [-0.1, -0.05) is 55.0 Å². The predicted octanol–water partition coefficient (Wildman–Crippen LogP) is 6.05. The van der Waals surface area contributed by atoms with Crippen molar-refractivity contribution in [2.45, 2.75) is 38.0 Å². The van der Waals surface area contributed by atoms with Crippen molar-refractivity contribution in [3.8, 4) is 48.7 Å². The van der Waals surface area contributed by atoms with Crippen LogP contribution in [0.2, 0.25) is 0 Å². The molecule has 1 atom stereocenters. The molecule has 4 rings (SSSR count).